The monoisotopic (exact) mass is 231 g/mol. The zero-order chi connectivity index (χ0) is 12.1. The van der Waals surface area contributed by atoms with Crippen LogP contribution in [0.15, 0.2) is 35.3 Å². The van der Waals surface area contributed by atoms with Crippen LogP contribution in [0.5, 0.6) is 0 Å². The van der Waals surface area contributed by atoms with E-state index in [4.69, 9.17) is 0 Å². The van der Waals surface area contributed by atoms with E-state index in [1.54, 1.807) is 6.07 Å². The topological polar surface area (TPSA) is 12.4 Å². The SMILES string of the molecule is CCCCC1=NCCC(c2ccccc2F)=C1. The first-order valence-corrected chi connectivity index (χ1v) is 6.30. The van der Waals surface area contributed by atoms with Crippen molar-refractivity contribution in [2.45, 2.75) is 32.6 Å². The minimum atomic E-state index is -0.129. The predicted molar refractivity (Wildman–Crippen MR) is 70.8 cm³/mol. The third kappa shape index (κ3) is 3.02. The van der Waals surface area contributed by atoms with Gasteiger partial charge in [0.05, 0.1) is 0 Å². The summed E-state index contributed by atoms with van der Waals surface area (Å²) in [6.45, 7) is 2.96. The summed E-state index contributed by atoms with van der Waals surface area (Å²) < 4.78 is 13.7. The van der Waals surface area contributed by atoms with Gasteiger partial charge in [-0.3, -0.25) is 4.99 Å². The molecule has 1 heterocycles. The number of unbranched alkanes of at least 4 members (excludes halogenated alkanes) is 1. The third-order valence-electron chi connectivity index (χ3n) is 3.04. The summed E-state index contributed by atoms with van der Waals surface area (Å²) in [6, 6.07) is 6.99. The molecule has 0 aromatic heterocycles. The quantitative estimate of drug-likeness (QED) is 0.734. The normalized spacial score (nSPS) is 15.4. The second kappa shape index (κ2) is 5.76. The molecule has 1 aliphatic heterocycles. The van der Waals surface area contributed by atoms with E-state index >= 15 is 0 Å². The van der Waals surface area contributed by atoms with Crippen LogP contribution in [-0.4, -0.2) is 12.3 Å². The maximum absolute atomic E-state index is 13.7. The van der Waals surface area contributed by atoms with Gasteiger partial charge in [-0.25, -0.2) is 4.39 Å². The van der Waals surface area contributed by atoms with Crippen molar-refractivity contribution in [3.05, 3.63) is 41.7 Å². The molecule has 0 aliphatic carbocycles. The highest BCUT2D eigenvalue weighted by molar-refractivity contribution is 6.02. The zero-order valence-electron chi connectivity index (χ0n) is 10.2. The molecule has 1 aliphatic rings. The molecule has 1 aromatic carbocycles. The third-order valence-corrected chi connectivity index (χ3v) is 3.04. The van der Waals surface area contributed by atoms with Gasteiger partial charge in [0.25, 0.3) is 0 Å². The van der Waals surface area contributed by atoms with Crippen LogP contribution in [-0.2, 0) is 0 Å². The highest BCUT2D eigenvalue weighted by atomic mass is 19.1. The number of hydrogen-bond donors (Lipinski definition) is 0. The molecule has 0 fully saturated rings. The summed E-state index contributed by atoms with van der Waals surface area (Å²) in [5, 5.41) is 0. The molecule has 0 bridgehead atoms. The van der Waals surface area contributed by atoms with Gasteiger partial charge in [-0.2, -0.15) is 0 Å². The molecule has 0 saturated carbocycles. The van der Waals surface area contributed by atoms with Crippen LogP contribution in [0.25, 0.3) is 5.57 Å². The Labute approximate surface area is 102 Å². The van der Waals surface area contributed by atoms with Gasteiger partial charge >= 0.3 is 0 Å². The van der Waals surface area contributed by atoms with Gasteiger partial charge in [0.1, 0.15) is 5.82 Å². The average Bonchev–Trinajstić information content (AvgIpc) is 2.37. The Morgan fingerprint density at radius 2 is 2.12 bits per heavy atom. The van der Waals surface area contributed by atoms with E-state index in [9.17, 15) is 4.39 Å². The Morgan fingerprint density at radius 1 is 1.29 bits per heavy atom. The van der Waals surface area contributed by atoms with E-state index in [1.165, 1.54) is 12.5 Å². The standard InChI is InChI=1S/C15H18FN/c1-2-3-6-13-11-12(9-10-17-13)14-7-4-5-8-15(14)16/h4-5,7-8,11H,2-3,6,9-10H2,1H3. The lowest BCUT2D eigenvalue weighted by Crippen LogP contribution is -2.05. The lowest BCUT2D eigenvalue weighted by molar-refractivity contribution is 0.623. The molecule has 90 valence electrons. The van der Waals surface area contributed by atoms with Crippen molar-refractivity contribution < 1.29 is 4.39 Å². The largest absolute Gasteiger partial charge is 0.289 e. The Balaban J connectivity index is 2.19. The first kappa shape index (κ1) is 12.0. The van der Waals surface area contributed by atoms with Crippen molar-refractivity contribution in [2.24, 2.45) is 4.99 Å². The molecule has 2 rings (SSSR count). The number of allylic oxidation sites excluding steroid dienone is 1. The van der Waals surface area contributed by atoms with Crippen molar-refractivity contribution in [3.8, 4) is 0 Å². The molecular formula is C15H18FN. The Morgan fingerprint density at radius 3 is 2.88 bits per heavy atom. The molecular weight excluding hydrogens is 213 g/mol. The van der Waals surface area contributed by atoms with E-state index in [0.29, 0.717) is 0 Å². The molecule has 1 aromatic rings. The second-order valence-electron chi connectivity index (χ2n) is 4.38. The maximum Gasteiger partial charge on any atom is 0.130 e. The second-order valence-corrected chi connectivity index (χ2v) is 4.38. The van der Waals surface area contributed by atoms with Gasteiger partial charge in [-0.05, 0) is 37.0 Å². The minimum absolute atomic E-state index is 0.129. The first-order chi connectivity index (χ1) is 8.31. The number of aliphatic imine (C=N–C) groups is 1. The number of rotatable bonds is 4. The fourth-order valence-electron chi connectivity index (χ4n) is 2.08. The minimum Gasteiger partial charge on any atom is -0.289 e. The molecule has 0 atom stereocenters. The van der Waals surface area contributed by atoms with Crippen LogP contribution >= 0.6 is 0 Å². The van der Waals surface area contributed by atoms with Gasteiger partial charge in [0.15, 0.2) is 0 Å². The fourth-order valence-corrected chi connectivity index (χ4v) is 2.08. The Hall–Kier alpha value is -1.44. The van der Waals surface area contributed by atoms with Crippen LogP contribution in [0, 0.1) is 5.82 Å². The van der Waals surface area contributed by atoms with Crippen LogP contribution in [0.3, 0.4) is 0 Å². The summed E-state index contributed by atoms with van der Waals surface area (Å²) in [6.07, 6.45) is 6.24. The van der Waals surface area contributed by atoms with E-state index in [2.05, 4.69) is 18.0 Å². The Bertz CT molecular complexity index is 446. The van der Waals surface area contributed by atoms with Crippen molar-refractivity contribution in [2.75, 3.05) is 6.54 Å². The summed E-state index contributed by atoms with van der Waals surface area (Å²) in [4.78, 5) is 4.49. The zero-order valence-corrected chi connectivity index (χ0v) is 10.2. The molecule has 0 amide bonds. The van der Waals surface area contributed by atoms with Crippen LogP contribution < -0.4 is 0 Å². The van der Waals surface area contributed by atoms with Gasteiger partial charge in [0, 0.05) is 17.8 Å². The van der Waals surface area contributed by atoms with Crippen molar-refractivity contribution >= 4 is 11.3 Å². The van der Waals surface area contributed by atoms with Crippen molar-refractivity contribution in [3.63, 3.8) is 0 Å². The number of benzene rings is 1. The van der Waals surface area contributed by atoms with Gasteiger partial charge in [-0.15, -0.1) is 0 Å². The summed E-state index contributed by atoms with van der Waals surface area (Å²) >= 11 is 0. The highest BCUT2D eigenvalue weighted by Crippen LogP contribution is 2.24. The van der Waals surface area contributed by atoms with Gasteiger partial charge < -0.3 is 0 Å². The number of halogens is 1. The smallest absolute Gasteiger partial charge is 0.130 e. The number of hydrogen-bond acceptors (Lipinski definition) is 1. The van der Waals surface area contributed by atoms with Gasteiger partial charge in [0.2, 0.25) is 0 Å². The van der Waals surface area contributed by atoms with E-state index in [-0.39, 0.29) is 5.82 Å². The van der Waals surface area contributed by atoms with Crippen molar-refractivity contribution in [1.82, 2.24) is 0 Å². The van der Waals surface area contributed by atoms with Crippen molar-refractivity contribution in [1.29, 1.82) is 0 Å². The molecule has 17 heavy (non-hydrogen) atoms. The lowest BCUT2D eigenvalue weighted by Gasteiger charge is -2.14. The maximum atomic E-state index is 13.7. The van der Waals surface area contributed by atoms with E-state index in [1.807, 2.05) is 12.1 Å². The summed E-state index contributed by atoms with van der Waals surface area (Å²) in [5.74, 6) is -0.129. The molecule has 0 unspecified atom stereocenters. The lowest BCUT2D eigenvalue weighted by atomic mass is 9.97. The number of nitrogens with zero attached hydrogens (tertiary/aromatic N) is 1. The molecule has 0 N–H and O–H groups in total. The highest BCUT2D eigenvalue weighted by Gasteiger charge is 2.11. The van der Waals surface area contributed by atoms with Crippen LogP contribution in [0.1, 0.15) is 38.2 Å². The molecule has 1 nitrogen and oxygen atoms in total. The molecule has 0 radical (unpaired) electrons. The fraction of sp³-hybridized carbons (Fsp3) is 0.400. The average molecular weight is 231 g/mol. The van der Waals surface area contributed by atoms with Crippen LogP contribution in [0.2, 0.25) is 0 Å². The van der Waals surface area contributed by atoms with Crippen LogP contribution in [0.4, 0.5) is 4.39 Å². The molecule has 2 heteroatoms. The first-order valence-electron chi connectivity index (χ1n) is 6.30. The van der Waals surface area contributed by atoms with Gasteiger partial charge in [-0.1, -0.05) is 31.5 Å². The summed E-state index contributed by atoms with van der Waals surface area (Å²) in [7, 11) is 0. The molecule has 0 spiro atoms. The number of dihydropyridines is 1. The van der Waals surface area contributed by atoms with E-state index in [0.717, 1.165) is 42.7 Å². The van der Waals surface area contributed by atoms with E-state index < -0.39 is 0 Å². The molecule has 0 saturated heterocycles. The summed E-state index contributed by atoms with van der Waals surface area (Å²) in [5.41, 5.74) is 2.94. The predicted octanol–water partition coefficient (Wildman–Crippen LogP) is 4.24. The Kier molecular flexibility index (Phi) is 4.08.